The Morgan fingerprint density at radius 1 is 1.43 bits per heavy atom. The molecule has 0 spiro atoms. The van der Waals surface area contributed by atoms with E-state index < -0.39 is 34.0 Å². The molecule has 1 N–H and O–H groups in total. The van der Waals surface area contributed by atoms with Crippen molar-refractivity contribution in [3.63, 3.8) is 0 Å². The predicted molar refractivity (Wildman–Crippen MR) is 71.4 cm³/mol. The molecule has 0 radical (unpaired) electrons. The minimum Gasteiger partial charge on any atom is -0.390 e. The molecule has 1 amide bonds. The summed E-state index contributed by atoms with van der Waals surface area (Å²) in [6.45, 7) is 1.34. The van der Waals surface area contributed by atoms with Crippen molar-refractivity contribution in [2.45, 2.75) is 13.5 Å². The van der Waals surface area contributed by atoms with E-state index in [0.29, 0.717) is 0 Å². The van der Waals surface area contributed by atoms with Crippen LogP contribution in [0.5, 0.6) is 0 Å². The van der Waals surface area contributed by atoms with Crippen molar-refractivity contribution in [3.05, 3.63) is 45.5 Å². The molecule has 0 aliphatic heterocycles. The fourth-order valence-corrected chi connectivity index (χ4v) is 1.53. The Kier molecular flexibility index (Phi) is 4.64. The van der Waals surface area contributed by atoms with Gasteiger partial charge in [0.15, 0.2) is 0 Å². The molecule has 0 atom stereocenters. The zero-order chi connectivity index (χ0) is 17.0. The molecular formula is C11H9F2N7O3. The van der Waals surface area contributed by atoms with E-state index in [1.807, 2.05) is 5.43 Å². The third kappa shape index (κ3) is 3.87. The number of carbonyl (C=O) groups excluding carboxylic acids is 1. The maximum Gasteiger partial charge on any atom is 0.514 e. The molecule has 23 heavy (non-hydrogen) atoms. The Morgan fingerprint density at radius 2 is 2.09 bits per heavy atom. The number of benzene rings is 1. The highest BCUT2D eigenvalue weighted by molar-refractivity contribution is 5.95. The summed E-state index contributed by atoms with van der Waals surface area (Å²) in [5, 5.41) is 24.1. The molecule has 0 fully saturated rings. The second-order valence-corrected chi connectivity index (χ2v) is 4.26. The lowest BCUT2D eigenvalue weighted by molar-refractivity contribution is -0.394. The van der Waals surface area contributed by atoms with E-state index in [1.54, 1.807) is 0 Å². The SMILES string of the molecule is C/C(Cn1nnc([N+](=O)[O-])n1)=N/NC(=O)c1c(F)cccc1F. The van der Waals surface area contributed by atoms with Crippen LogP contribution in [0.25, 0.3) is 0 Å². The van der Waals surface area contributed by atoms with E-state index >= 15 is 0 Å². The molecule has 0 bridgehead atoms. The summed E-state index contributed by atoms with van der Waals surface area (Å²) in [5.74, 6) is -3.81. The number of tetrazole rings is 1. The Bertz CT molecular complexity index is 769. The summed E-state index contributed by atoms with van der Waals surface area (Å²) in [5.41, 5.74) is 1.44. The minimum absolute atomic E-state index is 0.110. The van der Waals surface area contributed by atoms with Gasteiger partial charge in [0.2, 0.25) is 0 Å². The van der Waals surface area contributed by atoms with E-state index in [2.05, 4.69) is 20.5 Å². The number of carbonyl (C=O) groups is 1. The van der Waals surface area contributed by atoms with E-state index in [0.717, 1.165) is 23.0 Å². The molecule has 1 aromatic heterocycles. The van der Waals surface area contributed by atoms with Gasteiger partial charge in [-0.25, -0.2) is 14.2 Å². The minimum atomic E-state index is -1.07. The first-order valence-corrected chi connectivity index (χ1v) is 6.08. The van der Waals surface area contributed by atoms with E-state index in [1.165, 1.54) is 6.92 Å². The number of hydrogen-bond donors (Lipinski definition) is 1. The first-order chi connectivity index (χ1) is 10.9. The first kappa shape index (κ1) is 16.1. The smallest absolute Gasteiger partial charge is 0.390 e. The molecule has 2 rings (SSSR count). The number of halogens is 2. The summed E-state index contributed by atoms with van der Waals surface area (Å²) in [6.07, 6.45) is 0. The lowest BCUT2D eigenvalue weighted by atomic mass is 10.2. The van der Waals surface area contributed by atoms with Gasteiger partial charge in [0, 0.05) is 5.21 Å². The Labute approximate surface area is 126 Å². The van der Waals surface area contributed by atoms with Crippen LogP contribution >= 0.6 is 0 Å². The van der Waals surface area contributed by atoms with Gasteiger partial charge in [0.05, 0.1) is 15.9 Å². The van der Waals surface area contributed by atoms with Crippen LogP contribution < -0.4 is 5.43 Å². The topological polar surface area (TPSA) is 128 Å². The largest absolute Gasteiger partial charge is 0.514 e. The van der Waals surface area contributed by atoms with Crippen LogP contribution in [0.3, 0.4) is 0 Å². The number of aromatic nitrogens is 4. The van der Waals surface area contributed by atoms with Gasteiger partial charge in [0.25, 0.3) is 5.91 Å². The highest BCUT2D eigenvalue weighted by Gasteiger charge is 2.17. The number of hydrogen-bond acceptors (Lipinski definition) is 7. The normalized spacial score (nSPS) is 11.3. The lowest BCUT2D eigenvalue weighted by Crippen LogP contribution is -2.23. The Morgan fingerprint density at radius 3 is 2.65 bits per heavy atom. The van der Waals surface area contributed by atoms with Gasteiger partial charge >= 0.3 is 5.95 Å². The van der Waals surface area contributed by atoms with Crippen molar-refractivity contribution >= 4 is 17.6 Å². The highest BCUT2D eigenvalue weighted by atomic mass is 19.1. The maximum absolute atomic E-state index is 13.4. The Hall–Kier alpha value is -3.31. The van der Waals surface area contributed by atoms with Gasteiger partial charge in [-0.2, -0.15) is 5.10 Å². The zero-order valence-electron chi connectivity index (χ0n) is 11.6. The number of amides is 1. The third-order valence-corrected chi connectivity index (χ3v) is 2.51. The summed E-state index contributed by atoms with van der Waals surface area (Å²) >= 11 is 0. The highest BCUT2D eigenvalue weighted by Crippen LogP contribution is 2.11. The van der Waals surface area contributed by atoms with Gasteiger partial charge in [-0.1, -0.05) is 10.9 Å². The predicted octanol–water partition coefficient (Wildman–Crippen LogP) is 0.665. The van der Waals surface area contributed by atoms with Crippen molar-refractivity contribution in [3.8, 4) is 0 Å². The molecular weight excluding hydrogens is 316 g/mol. The quantitative estimate of drug-likeness (QED) is 0.488. The standard InChI is InChI=1S/C11H9F2N7O3/c1-6(5-19-17-11(16-18-19)20(22)23)14-15-10(21)9-7(12)3-2-4-8(9)13/h2-4H,5H2,1H3,(H,15,21)/b14-6-. The van der Waals surface area contributed by atoms with Crippen molar-refractivity contribution in [2.24, 2.45) is 5.10 Å². The lowest BCUT2D eigenvalue weighted by Gasteiger charge is -2.03. The van der Waals surface area contributed by atoms with Crippen LogP contribution in [0.1, 0.15) is 17.3 Å². The summed E-state index contributed by atoms with van der Waals surface area (Å²) in [4.78, 5) is 22.2. The number of nitro groups is 1. The molecule has 1 heterocycles. The number of nitrogens with one attached hydrogen (secondary N) is 1. The van der Waals surface area contributed by atoms with Gasteiger partial charge in [-0.3, -0.25) is 4.79 Å². The summed E-state index contributed by atoms with van der Waals surface area (Å²) in [6, 6.07) is 3.00. The summed E-state index contributed by atoms with van der Waals surface area (Å²) < 4.78 is 26.8. The summed E-state index contributed by atoms with van der Waals surface area (Å²) in [7, 11) is 0. The van der Waals surface area contributed by atoms with Crippen molar-refractivity contribution in [2.75, 3.05) is 0 Å². The van der Waals surface area contributed by atoms with E-state index in [9.17, 15) is 23.7 Å². The van der Waals surface area contributed by atoms with Gasteiger partial charge in [-0.15, -0.1) is 0 Å². The van der Waals surface area contributed by atoms with Crippen LogP contribution in [-0.2, 0) is 6.54 Å². The molecule has 0 unspecified atom stereocenters. The second kappa shape index (κ2) is 6.64. The van der Waals surface area contributed by atoms with Crippen LogP contribution in [0.15, 0.2) is 23.3 Å². The van der Waals surface area contributed by atoms with Crippen molar-refractivity contribution in [1.82, 2.24) is 25.6 Å². The van der Waals surface area contributed by atoms with Crippen LogP contribution in [0.4, 0.5) is 14.7 Å². The molecule has 12 heteroatoms. The first-order valence-electron chi connectivity index (χ1n) is 6.08. The molecule has 0 aliphatic rings. The second-order valence-electron chi connectivity index (χ2n) is 4.26. The molecule has 0 saturated heterocycles. The van der Waals surface area contributed by atoms with Crippen molar-refractivity contribution in [1.29, 1.82) is 0 Å². The van der Waals surface area contributed by atoms with Gasteiger partial charge < -0.3 is 10.1 Å². The molecule has 1 aromatic carbocycles. The fraction of sp³-hybridized carbons (Fsp3) is 0.182. The Balaban J connectivity index is 2.04. The number of rotatable bonds is 5. The van der Waals surface area contributed by atoms with E-state index in [4.69, 9.17) is 0 Å². The average molecular weight is 325 g/mol. The monoisotopic (exact) mass is 325 g/mol. The number of nitrogens with zero attached hydrogens (tertiary/aromatic N) is 6. The fourth-order valence-electron chi connectivity index (χ4n) is 1.53. The maximum atomic E-state index is 13.4. The molecule has 10 nitrogen and oxygen atoms in total. The molecule has 0 aliphatic carbocycles. The molecule has 0 saturated carbocycles. The van der Waals surface area contributed by atoms with Crippen LogP contribution in [-0.4, -0.2) is 36.7 Å². The van der Waals surface area contributed by atoms with Crippen LogP contribution in [0, 0.1) is 21.7 Å². The van der Waals surface area contributed by atoms with E-state index in [-0.39, 0.29) is 12.3 Å². The third-order valence-electron chi connectivity index (χ3n) is 2.51. The average Bonchev–Trinajstić information content (AvgIpc) is 2.93. The molecule has 2 aromatic rings. The molecule has 120 valence electrons. The van der Waals surface area contributed by atoms with Crippen LogP contribution in [0.2, 0.25) is 0 Å². The van der Waals surface area contributed by atoms with Crippen molar-refractivity contribution < 1.29 is 18.5 Å². The zero-order valence-corrected chi connectivity index (χ0v) is 11.6. The number of hydrazone groups is 1. The van der Waals surface area contributed by atoms with Gasteiger partial charge in [0.1, 0.15) is 23.7 Å². The van der Waals surface area contributed by atoms with Gasteiger partial charge in [-0.05, 0) is 24.0 Å².